The van der Waals surface area contributed by atoms with Crippen molar-refractivity contribution in [1.82, 2.24) is 10.2 Å². The van der Waals surface area contributed by atoms with E-state index in [0.29, 0.717) is 11.6 Å². The van der Waals surface area contributed by atoms with Crippen LogP contribution in [0.25, 0.3) is 0 Å². The van der Waals surface area contributed by atoms with Crippen molar-refractivity contribution in [2.24, 2.45) is 5.92 Å². The maximum Gasteiger partial charge on any atom is 0.321 e. The minimum atomic E-state index is -0.460. The molecule has 7 nitrogen and oxygen atoms in total. The first kappa shape index (κ1) is 15.2. The smallest absolute Gasteiger partial charge is 0.321 e. The molecule has 21 heavy (non-hydrogen) atoms. The number of nitro benzene ring substituents is 1. The summed E-state index contributed by atoms with van der Waals surface area (Å²) in [6.07, 6.45) is 2.13. The van der Waals surface area contributed by atoms with Gasteiger partial charge in [0.1, 0.15) is 0 Å². The summed E-state index contributed by atoms with van der Waals surface area (Å²) in [7, 11) is 1.91. The Labute approximate surface area is 123 Å². The summed E-state index contributed by atoms with van der Waals surface area (Å²) >= 11 is 0. The summed E-state index contributed by atoms with van der Waals surface area (Å²) in [6.45, 7) is 2.39. The van der Waals surface area contributed by atoms with Crippen molar-refractivity contribution in [1.29, 1.82) is 0 Å². The number of anilines is 1. The second-order valence-electron chi connectivity index (χ2n) is 5.25. The fraction of sp³-hybridized carbons (Fsp3) is 0.500. The molecule has 0 aromatic heterocycles. The highest BCUT2D eigenvalue weighted by atomic mass is 16.6. The number of carbonyl (C=O) groups excluding carboxylic acids is 1. The molecule has 1 unspecified atom stereocenters. The number of hydrogen-bond donors (Lipinski definition) is 2. The van der Waals surface area contributed by atoms with Crippen molar-refractivity contribution in [3.05, 3.63) is 34.4 Å². The first-order chi connectivity index (χ1) is 10.1. The third kappa shape index (κ3) is 4.16. The summed E-state index contributed by atoms with van der Waals surface area (Å²) in [6, 6.07) is 5.71. The van der Waals surface area contributed by atoms with Gasteiger partial charge in [0.25, 0.3) is 5.69 Å². The minimum absolute atomic E-state index is 0.0139. The maximum absolute atomic E-state index is 12.2. The minimum Gasteiger partial charge on any atom is -0.324 e. The largest absolute Gasteiger partial charge is 0.324 e. The molecule has 7 heteroatoms. The number of nitrogens with one attached hydrogen (secondary N) is 2. The average molecular weight is 292 g/mol. The van der Waals surface area contributed by atoms with Gasteiger partial charge in [-0.15, -0.1) is 0 Å². The summed E-state index contributed by atoms with van der Waals surface area (Å²) in [5.41, 5.74) is 0.585. The van der Waals surface area contributed by atoms with Crippen LogP contribution >= 0.6 is 0 Å². The van der Waals surface area contributed by atoms with Crippen LogP contribution in [0.2, 0.25) is 0 Å². The van der Waals surface area contributed by atoms with E-state index < -0.39 is 4.92 Å². The molecule has 1 aliphatic rings. The highest BCUT2D eigenvalue weighted by molar-refractivity contribution is 5.89. The molecule has 0 aliphatic carbocycles. The van der Waals surface area contributed by atoms with E-state index in [1.807, 2.05) is 7.05 Å². The third-order valence-electron chi connectivity index (χ3n) is 3.63. The van der Waals surface area contributed by atoms with E-state index in [2.05, 4.69) is 10.6 Å². The van der Waals surface area contributed by atoms with E-state index in [0.717, 1.165) is 32.5 Å². The van der Waals surface area contributed by atoms with E-state index in [-0.39, 0.29) is 11.7 Å². The second kappa shape index (κ2) is 7.03. The topological polar surface area (TPSA) is 87.5 Å². The Balaban J connectivity index is 1.92. The number of piperidine rings is 1. The molecule has 114 valence electrons. The second-order valence-corrected chi connectivity index (χ2v) is 5.25. The Hall–Kier alpha value is -2.15. The SMILES string of the molecule is CNCC1CCCN(C(=O)Nc2ccc([N+](=O)[O-])cc2)C1. The van der Waals surface area contributed by atoms with Gasteiger partial charge in [-0.1, -0.05) is 0 Å². The molecule has 2 amide bonds. The normalized spacial score (nSPS) is 18.3. The first-order valence-electron chi connectivity index (χ1n) is 7.05. The molecule has 0 radical (unpaired) electrons. The van der Waals surface area contributed by atoms with Gasteiger partial charge < -0.3 is 15.5 Å². The number of nitro groups is 1. The number of hydrogen-bond acceptors (Lipinski definition) is 4. The van der Waals surface area contributed by atoms with Crippen LogP contribution in [0.15, 0.2) is 24.3 Å². The average Bonchev–Trinajstić information content (AvgIpc) is 2.48. The molecule has 1 aromatic carbocycles. The molecular formula is C14H20N4O3. The van der Waals surface area contributed by atoms with Crippen LogP contribution in [-0.4, -0.2) is 42.5 Å². The zero-order valence-electron chi connectivity index (χ0n) is 12.0. The summed E-state index contributed by atoms with van der Waals surface area (Å²) < 4.78 is 0. The standard InChI is InChI=1S/C14H20N4O3/c1-15-9-11-3-2-8-17(10-11)14(19)16-12-4-6-13(7-5-12)18(20)21/h4-7,11,15H,2-3,8-10H2,1H3,(H,16,19). The summed E-state index contributed by atoms with van der Waals surface area (Å²) in [5, 5.41) is 16.5. The van der Waals surface area contributed by atoms with E-state index in [9.17, 15) is 14.9 Å². The van der Waals surface area contributed by atoms with E-state index >= 15 is 0 Å². The lowest BCUT2D eigenvalue weighted by atomic mass is 9.98. The number of carbonyl (C=O) groups is 1. The Kier molecular flexibility index (Phi) is 5.10. The fourth-order valence-electron chi connectivity index (χ4n) is 2.57. The van der Waals surface area contributed by atoms with Crippen LogP contribution < -0.4 is 10.6 Å². The van der Waals surface area contributed by atoms with Crippen molar-refractivity contribution in [3.63, 3.8) is 0 Å². The van der Waals surface area contributed by atoms with Crippen LogP contribution in [-0.2, 0) is 0 Å². The molecular weight excluding hydrogens is 272 g/mol. The number of nitrogens with zero attached hydrogens (tertiary/aromatic N) is 2. The molecule has 2 N–H and O–H groups in total. The third-order valence-corrected chi connectivity index (χ3v) is 3.63. The Morgan fingerprint density at radius 2 is 2.14 bits per heavy atom. The Morgan fingerprint density at radius 1 is 1.43 bits per heavy atom. The summed E-state index contributed by atoms with van der Waals surface area (Å²) in [5.74, 6) is 0.478. The van der Waals surface area contributed by atoms with E-state index in [1.54, 1.807) is 17.0 Å². The Bertz CT molecular complexity index is 501. The van der Waals surface area contributed by atoms with Crippen LogP contribution in [0.5, 0.6) is 0 Å². The molecule has 0 bridgehead atoms. The lowest BCUT2D eigenvalue weighted by molar-refractivity contribution is -0.384. The van der Waals surface area contributed by atoms with Crippen molar-refractivity contribution in [2.45, 2.75) is 12.8 Å². The predicted molar refractivity (Wildman–Crippen MR) is 80.3 cm³/mol. The van der Waals surface area contributed by atoms with Gasteiger partial charge in [0, 0.05) is 30.9 Å². The van der Waals surface area contributed by atoms with Crippen molar-refractivity contribution >= 4 is 17.4 Å². The molecule has 1 aromatic rings. The van der Waals surface area contributed by atoms with Crippen molar-refractivity contribution < 1.29 is 9.72 Å². The number of urea groups is 1. The number of rotatable bonds is 4. The predicted octanol–water partition coefficient (Wildman–Crippen LogP) is 2.06. The highest BCUT2D eigenvalue weighted by Gasteiger charge is 2.23. The van der Waals surface area contributed by atoms with Crippen molar-refractivity contribution in [2.75, 3.05) is 32.0 Å². The van der Waals surface area contributed by atoms with Gasteiger partial charge in [0.2, 0.25) is 0 Å². The van der Waals surface area contributed by atoms with Gasteiger partial charge in [-0.25, -0.2) is 4.79 Å². The fourth-order valence-corrected chi connectivity index (χ4v) is 2.57. The van der Waals surface area contributed by atoms with Gasteiger partial charge in [0.05, 0.1) is 4.92 Å². The van der Waals surface area contributed by atoms with Gasteiger partial charge in [-0.3, -0.25) is 10.1 Å². The lowest BCUT2D eigenvalue weighted by Crippen LogP contribution is -2.44. The first-order valence-corrected chi connectivity index (χ1v) is 7.05. The molecule has 1 saturated heterocycles. The molecule has 1 aliphatic heterocycles. The zero-order valence-corrected chi connectivity index (χ0v) is 12.0. The van der Waals surface area contributed by atoms with Crippen LogP contribution in [0, 0.1) is 16.0 Å². The van der Waals surface area contributed by atoms with E-state index in [4.69, 9.17) is 0 Å². The molecule has 1 heterocycles. The van der Waals surface area contributed by atoms with Crippen molar-refractivity contribution in [3.8, 4) is 0 Å². The molecule has 0 spiro atoms. The maximum atomic E-state index is 12.2. The van der Waals surface area contributed by atoms with Gasteiger partial charge >= 0.3 is 6.03 Å². The number of non-ortho nitro benzene ring substituents is 1. The monoisotopic (exact) mass is 292 g/mol. The molecule has 2 rings (SSSR count). The van der Waals surface area contributed by atoms with E-state index in [1.165, 1.54) is 12.1 Å². The van der Waals surface area contributed by atoms with Crippen LogP contribution in [0.1, 0.15) is 12.8 Å². The van der Waals surface area contributed by atoms with Gasteiger partial charge in [-0.05, 0) is 44.5 Å². The molecule has 1 fully saturated rings. The Morgan fingerprint density at radius 3 is 2.76 bits per heavy atom. The molecule has 1 atom stereocenters. The number of benzene rings is 1. The van der Waals surface area contributed by atoms with Crippen LogP contribution in [0.4, 0.5) is 16.2 Å². The number of amides is 2. The van der Waals surface area contributed by atoms with Gasteiger partial charge in [-0.2, -0.15) is 0 Å². The zero-order chi connectivity index (χ0) is 15.2. The summed E-state index contributed by atoms with van der Waals surface area (Å²) in [4.78, 5) is 24.1. The number of likely N-dealkylation sites (tertiary alicyclic amines) is 1. The highest BCUT2D eigenvalue weighted by Crippen LogP contribution is 2.19. The van der Waals surface area contributed by atoms with Crippen LogP contribution in [0.3, 0.4) is 0 Å². The molecule has 0 saturated carbocycles. The lowest BCUT2D eigenvalue weighted by Gasteiger charge is -2.32. The quantitative estimate of drug-likeness (QED) is 0.657. The van der Waals surface area contributed by atoms with Gasteiger partial charge in [0.15, 0.2) is 0 Å².